The number of rotatable bonds is 6. The summed E-state index contributed by atoms with van der Waals surface area (Å²) in [6.07, 6.45) is 7.70. The van der Waals surface area contributed by atoms with Crippen molar-refractivity contribution in [1.29, 1.82) is 0 Å². The summed E-state index contributed by atoms with van der Waals surface area (Å²) in [5, 5.41) is 0. The number of ether oxygens (including phenoxy) is 1. The number of benzene rings is 1. The predicted octanol–water partition coefficient (Wildman–Crippen LogP) is 4.30. The van der Waals surface area contributed by atoms with Gasteiger partial charge in [-0.25, -0.2) is 0 Å². The zero-order valence-corrected chi connectivity index (χ0v) is 13.9. The molecule has 1 aliphatic carbocycles. The maximum absolute atomic E-state index is 6.47. The highest BCUT2D eigenvalue weighted by molar-refractivity contribution is 9.10. The fourth-order valence-electron chi connectivity index (χ4n) is 3.27. The van der Waals surface area contributed by atoms with Gasteiger partial charge in [-0.15, -0.1) is 0 Å². The topological polar surface area (TPSA) is 35.2 Å². The van der Waals surface area contributed by atoms with Crippen LogP contribution in [0.4, 0.5) is 0 Å². The summed E-state index contributed by atoms with van der Waals surface area (Å²) < 4.78 is 7.12. The molecule has 0 aliphatic heterocycles. The largest absolute Gasteiger partial charge is 0.377 e. The van der Waals surface area contributed by atoms with Gasteiger partial charge >= 0.3 is 0 Å². The molecule has 0 heterocycles. The summed E-state index contributed by atoms with van der Waals surface area (Å²) in [5.41, 5.74) is 7.76. The Bertz CT molecular complexity index is 386. The van der Waals surface area contributed by atoms with E-state index in [2.05, 4.69) is 47.1 Å². The molecule has 1 aliphatic rings. The summed E-state index contributed by atoms with van der Waals surface area (Å²) in [7, 11) is 0. The van der Waals surface area contributed by atoms with Crippen molar-refractivity contribution < 1.29 is 4.74 Å². The number of nitrogens with two attached hydrogens (primary N) is 1. The molecule has 1 aromatic carbocycles. The van der Waals surface area contributed by atoms with Gasteiger partial charge in [0.2, 0.25) is 0 Å². The summed E-state index contributed by atoms with van der Waals surface area (Å²) in [5.74, 6) is 0.647. The molecule has 0 amide bonds. The van der Waals surface area contributed by atoms with Gasteiger partial charge in [0.1, 0.15) is 0 Å². The van der Waals surface area contributed by atoms with Gasteiger partial charge in [0.05, 0.1) is 6.10 Å². The third kappa shape index (κ3) is 4.57. The summed E-state index contributed by atoms with van der Waals surface area (Å²) >= 11 is 3.47. The molecule has 2 rings (SSSR count). The lowest BCUT2D eigenvalue weighted by Gasteiger charge is -2.34. The number of hydrogen-bond acceptors (Lipinski definition) is 2. The lowest BCUT2D eigenvalue weighted by Crippen LogP contribution is -2.44. The molecule has 112 valence electrons. The molecule has 2 nitrogen and oxygen atoms in total. The molecule has 2 unspecified atom stereocenters. The average Bonchev–Trinajstić information content (AvgIpc) is 2.48. The van der Waals surface area contributed by atoms with Crippen molar-refractivity contribution in [2.75, 3.05) is 6.61 Å². The number of halogens is 1. The molecule has 3 heteroatoms. The Hall–Kier alpha value is -0.380. The molecule has 0 aromatic heterocycles. The summed E-state index contributed by atoms with van der Waals surface area (Å²) in [4.78, 5) is 0. The van der Waals surface area contributed by atoms with E-state index < -0.39 is 0 Å². The van der Waals surface area contributed by atoms with Crippen molar-refractivity contribution in [3.05, 3.63) is 34.3 Å². The highest BCUT2D eigenvalue weighted by Crippen LogP contribution is 2.30. The van der Waals surface area contributed by atoms with E-state index in [9.17, 15) is 0 Å². The molecule has 1 saturated carbocycles. The van der Waals surface area contributed by atoms with E-state index in [1.54, 1.807) is 0 Å². The Balaban J connectivity index is 1.98. The second-order valence-electron chi connectivity index (χ2n) is 5.81. The Kier molecular flexibility index (Phi) is 6.53. The van der Waals surface area contributed by atoms with Gasteiger partial charge in [-0.3, -0.25) is 0 Å². The third-order valence-corrected chi connectivity index (χ3v) is 4.81. The van der Waals surface area contributed by atoms with Crippen LogP contribution in [-0.4, -0.2) is 18.8 Å². The molecule has 2 atom stereocenters. The molecule has 2 N–H and O–H groups in total. The minimum Gasteiger partial charge on any atom is -0.377 e. The van der Waals surface area contributed by atoms with Gasteiger partial charge < -0.3 is 10.5 Å². The van der Waals surface area contributed by atoms with Crippen LogP contribution in [0.3, 0.4) is 0 Å². The first-order valence-corrected chi connectivity index (χ1v) is 8.61. The first kappa shape index (κ1) is 16.0. The minimum atomic E-state index is 0.0965. The van der Waals surface area contributed by atoms with Gasteiger partial charge in [-0.2, -0.15) is 0 Å². The third-order valence-electron chi connectivity index (χ3n) is 4.28. The lowest BCUT2D eigenvalue weighted by molar-refractivity contribution is -0.00912. The van der Waals surface area contributed by atoms with Crippen LogP contribution in [0.25, 0.3) is 0 Å². The van der Waals surface area contributed by atoms with Gasteiger partial charge in [-0.1, -0.05) is 47.3 Å². The van der Waals surface area contributed by atoms with Gasteiger partial charge in [0.25, 0.3) is 0 Å². The van der Waals surface area contributed by atoms with E-state index in [1.165, 1.54) is 37.7 Å². The predicted molar refractivity (Wildman–Crippen MR) is 87.8 cm³/mol. The van der Waals surface area contributed by atoms with Crippen LogP contribution in [0, 0.1) is 5.92 Å². The van der Waals surface area contributed by atoms with Crippen molar-refractivity contribution in [2.45, 2.75) is 57.6 Å². The van der Waals surface area contributed by atoms with Crippen LogP contribution < -0.4 is 5.73 Å². The van der Waals surface area contributed by atoms with Crippen LogP contribution in [0.1, 0.15) is 44.6 Å². The van der Waals surface area contributed by atoms with Crippen molar-refractivity contribution in [3.8, 4) is 0 Å². The quantitative estimate of drug-likeness (QED) is 0.838. The van der Waals surface area contributed by atoms with E-state index in [4.69, 9.17) is 10.5 Å². The summed E-state index contributed by atoms with van der Waals surface area (Å²) in [6.45, 7) is 2.83. The second-order valence-corrected chi connectivity index (χ2v) is 6.73. The highest BCUT2D eigenvalue weighted by Gasteiger charge is 2.29. The smallest absolute Gasteiger partial charge is 0.0757 e. The lowest BCUT2D eigenvalue weighted by atomic mass is 9.81. The molecule has 0 spiro atoms. The average molecular weight is 340 g/mol. The van der Waals surface area contributed by atoms with Gasteiger partial charge in [0, 0.05) is 17.1 Å². The Labute approximate surface area is 131 Å². The first-order chi connectivity index (χ1) is 9.70. The highest BCUT2D eigenvalue weighted by atomic mass is 79.9. The first-order valence-electron chi connectivity index (χ1n) is 7.82. The molecule has 20 heavy (non-hydrogen) atoms. The van der Waals surface area contributed by atoms with Crippen LogP contribution in [0.15, 0.2) is 28.7 Å². The van der Waals surface area contributed by atoms with Crippen molar-refractivity contribution >= 4 is 15.9 Å². The zero-order chi connectivity index (χ0) is 14.4. The molecule has 0 saturated heterocycles. The molecular formula is C17H26BrNO. The molecular weight excluding hydrogens is 314 g/mol. The standard InChI is InChI=1S/C17H26BrNO/c1-2-20-17(14-6-4-3-5-7-14)16(19)12-13-8-10-15(18)11-9-13/h8-11,14,16-17H,2-7,12,19H2,1H3. The van der Waals surface area contributed by atoms with E-state index in [0.29, 0.717) is 5.92 Å². The van der Waals surface area contributed by atoms with Crippen LogP contribution in [-0.2, 0) is 11.2 Å². The Morgan fingerprint density at radius 2 is 1.85 bits per heavy atom. The molecule has 1 aromatic rings. The maximum atomic E-state index is 6.47. The van der Waals surface area contributed by atoms with E-state index in [-0.39, 0.29) is 12.1 Å². The zero-order valence-electron chi connectivity index (χ0n) is 12.4. The van der Waals surface area contributed by atoms with Gasteiger partial charge in [0.15, 0.2) is 0 Å². The second kappa shape index (κ2) is 8.16. The van der Waals surface area contributed by atoms with Crippen molar-refractivity contribution in [1.82, 2.24) is 0 Å². The summed E-state index contributed by atoms with van der Waals surface area (Å²) in [6, 6.07) is 8.55. The van der Waals surface area contributed by atoms with Crippen molar-refractivity contribution in [3.63, 3.8) is 0 Å². The van der Waals surface area contributed by atoms with Crippen molar-refractivity contribution in [2.24, 2.45) is 11.7 Å². The maximum Gasteiger partial charge on any atom is 0.0757 e. The normalized spacial score (nSPS) is 19.8. The van der Waals surface area contributed by atoms with E-state index in [0.717, 1.165) is 17.5 Å². The fourth-order valence-corrected chi connectivity index (χ4v) is 3.54. The van der Waals surface area contributed by atoms with Crippen LogP contribution in [0.5, 0.6) is 0 Å². The van der Waals surface area contributed by atoms with Gasteiger partial charge in [-0.05, 0) is 49.8 Å². The van der Waals surface area contributed by atoms with E-state index in [1.807, 2.05) is 0 Å². The Morgan fingerprint density at radius 3 is 2.45 bits per heavy atom. The van der Waals surface area contributed by atoms with Crippen LogP contribution in [0.2, 0.25) is 0 Å². The molecule has 0 radical (unpaired) electrons. The SMILES string of the molecule is CCOC(C(N)Cc1ccc(Br)cc1)C1CCCCC1. The molecule has 1 fully saturated rings. The monoisotopic (exact) mass is 339 g/mol. The van der Waals surface area contributed by atoms with Crippen LogP contribution >= 0.6 is 15.9 Å². The minimum absolute atomic E-state index is 0.0965. The molecule has 0 bridgehead atoms. The van der Waals surface area contributed by atoms with E-state index >= 15 is 0 Å². The fraction of sp³-hybridized carbons (Fsp3) is 0.647. The Morgan fingerprint density at radius 1 is 1.20 bits per heavy atom. The number of hydrogen-bond donors (Lipinski definition) is 1.